The fourth-order valence-electron chi connectivity index (χ4n) is 3.50. The van der Waals surface area contributed by atoms with Crippen LogP contribution in [0.3, 0.4) is 0 Å². The minimum Gasteiger partial charge on any atom is -0.352 e. The summed E-state index contributed by atoms with van der Waals surface area (Å²) in [6.45, 7) is 6.80. The molecule has 5 nitrogen and oxygen atoms in total. The van der Waals surface area contributed by atoms with E-state index in [0.717, 1.165) is 30.6 Å². The third-order valence-corrected chi connectivity index (χ3v) is 4.91. The first kappa shape index (κ1) is 18.6. The van der Waals surface area contributed by atoms with Gasteiger partial charge in [-0.1, -0.05) is 25.0 Å². The third-order valence-electron chi connectivity index (χ3n) is 4.91. The van der Waals surface area contributed by atoms with Gasteiger partial charge in [0.25, 0.3) is 5.91 Å². The van der Waals surface area contributed by atoms with Crippen molar-refractivity contribution in [3.05, 3.63) is 53.3 Å². The van der Waals surface area contributed by atoms with E-state index in [1.165, 1.54) is 44.3 Å². The Morgan fingerprint density at radius 2 is 2.00 bits per heavy atom. The zero-order valence-corrected chi connectivity index (χ0v) is 15.8. The van der Waals surface area contributed by atoms with Crippen LogP contribution in [0.15, 0.2) is 36.7 Å². The van der Waals surface area contributed by atoms with Gasteiger partial charge in [-0.3, -0.25) is 14.4 Å². The number of carbonyl (C=O) groups is 1. The topological polar surface area (TPSA) is 50.2 Å². The number of hydrogen-bond acceptors (Lipinski definition) is 3. The number of nitrogens with one attached hydrogen (secondary N) is 1. The van der Waals surface area contributed by atoms with Gasteiger partial charge in [0.2, 0.25) is 0 Å². The second-order valence-electron chi connectivity index (χ2n) is 7.28. The molecule has 1 aromatic heterocycles. The van der Waals surface area contributed by atoms with Crippen molar-refractivity contribution >= 4 is 5.91 Å². The first-order valence-electron chi connectivity index (χ1n) is 9.79. The van der Waals surface area contributed by atoms with Gasteiger partial charge < -0.3 is 5.32 Å². The van der Waals surface area contributed by atoms with E-state index in [4.69, 9.17) is 0 Å². The van der Waals surface area contributed by atoms with Crippen LogP contribution in [0.5, 0.6) is 0 Å². The molecule has 0 bridgehead atoms. The number of nitrogens with zero attached hydrogens (tertiary/aromatic N) is 3. The molecule has 0 radical (unpaired) electrons. The van der Waals surface area contributed by atoms with Crippen LogP contribution in [0.2, 0.25) is 0 Å². The van der Waals surface area contributed by atoms with Crippen LogP contribution < -0.4 is 5.32 Å². The highest BCUT2D eigenvalue weighted by Crippen LogP contribution is 2.14. The Hall–Kier alpha value is -2.14. The molecule has 5 heteroatoms. The van der Waals surface area contributed by atoms with Crippen molar-refractivity contribution in [3.8, 4) is 0 Å². The lowest BCUT2D eigenvalue weighted by Gasteiger charge is -2.20. The van der Waals surface area contributed by atoms with Gasteiger partial charge >= 0.3 is 0 Å². The molecule has 0 spiro atoms. The lowest BCUT2D eigenvalue weighted by Crippen LogP contribution is -2.26. The number of rotatable bonds is 7. The molecule has 1 fully saturated rings. The molecule has 140 valence electrons. The van der Waals surface area contributed by atoms with E-state index in [1.54, 1.807) is 0 Å². The van der Waals surface area contributed by atoms with Gasteiger partial charge in [0, 0.05) is 31.4 Å². The SMILES string of the molecule is Cc1cnn(CCCNC(=O)c2cccc(CN3CCCCCC3)c2)c1. The van der Waals surface area contributed by atoms with Gasteiger partial charge in [-0.25, -0.2) is 0 Å². The second-order valence-corrected chi connectivity index (χ2v) is 7.28. The average molecular weight is 354 g/mol. The van der Waals surface area contributed by atoms with Crippen LogP contribution in [0.1, 0.15) is 53.6 Å². The van der Waals surface area contributed by atoms with E-state index in [9.17, 15) is 4.79 Å². The lowest BCUT2D eigenvalue weighted by molar-refractivity contribution is 0.0952. The monoisotopic (exact) mass is 354 g/mol. The maximum atomic E-state index is 12.4. The molecule has 0 aliphatic carbocycles. The van der Waals surface area contributed by atoms with Crippen LogP contribution >= 0.6 is 0 Å². The summed E-state index contributed by atoms with van der Waals surface area (Å²) in [7, 11) is 0. The fraction of sp³-hybridized carbons (Fsp3) is 0.524. The molecular formula is C21H30N4O. The number of aryl methyl sites for hydroxylation is 2. The van der Waals surface area contributed by atoms with Gasteiger partial charge in [0.1, 0.15) is 0 Å². The molecule has 1 amide bonds. The minimum absolute atomic E-state index is 0.0133. The van der Waals surface area contributed by atoms with Crippen molar-refractivity contribution in [2.24, 2.45) is 0 Å². The Kier molecular flexibility index (Phi) is 6.83. The average Bonchev–Trinajstić information content (AvgIpc) is 2.89. The smallest absolute Gasteiger partial charge is 0.251 e. The summed E-state index contributed by atoms with van der Waals surface area (Å²) in [5, 5.41) is 7.29. The Balaban J connectivity index is 1.46. The predicted octanol–water partition coefficient (Wildman–Crippen LogP) is 3.39. The van der Waals surface area contributed by atoms with E-state index in [1.807, 2.05) is 42.2 Å². The van der Waals surface area contributed by atoms with Crippen molar-refractivity contribution in [1.29, 1.82) is 0 Å². The first-order valence-corrected chi connectivity index (χ1v) is 9.79. The highest BCUT2D eigenvalue weighted by Gasteiger charge is 2.11. The number of hydrogen-bond donors (Lipinski definition) is 1. The zero-order chi connectivity index (χ0) is 18.2. The standard InChI is InChI=1S/C21H30N4O/c1-18-15-23-25(16-18)13-7-10-22-21(26)20-9-6-8-19(14-20)17-24-11-4-2-3-5-12-24/h6,8-9,14-16H,2-5,7,10-13,17H2,1H3,(H,22,26). The van der Waals surface area contributed by atoms with Crippen molar-refractivity contribution in [2.75, 3.05) is 19.6 Å². The van der Waals surface area contributed by atoms with Crippen LogP contribution in [0.4, 0.5) is 0 Å². The molecular weight excluding hydrogens is 324 g/mol. The molecule has 0 unspecified atom stereocenters. The molecule has 26 heavy (non-hydrogen) atoms. The van der Waals surface area contributed by atoms with Crippen molar-refractivity contribution in [1.82, 2.24) is 20.0 Å². The Labute approximate surface area is 156 Å². The minimum atomic E-state index is 0.0133. The van der Waals surface area contributed by atoms with Crippen LogP contribution in [-0.2, 0) is 13.1 Å². The summed E-state index contributed by atoms with van der Waals surface area (Å²) >= 11 is 0. The predicted molar refractivity (Wildman–Crippen MR) is 104 cm³/mol. The number of amides is 1. The van der Waals surface area contributed by atoms with Gasteiger partial charge in [-0.2, -0.15) is 5.10 Å². The number of aromatic nitrogens is 2. The van der Waals surface area contributed by atoms with Gasteiger partial charge in [0.15, 0.2) is 0 Å². The molecule has 0 saturated carbocycles. The highest BCUT2D eigenvalue weighted by atomic mass is 16.1. The highest BCUT2D eigenvalue weighted by molar-refractivity contribution is 5.94. The van der Waals surface area contributed by atoms with E-state index in [0.29, 0.717) is 6.54 Å². The fourth-order valence-corrected chi connectivity index (χ4v) is 3.50. The normalized spacial score (nSPS) is 15.6. The number of benzene rings is 1. The maximum Gasteiger partial charge on any atom is 0.251 e. The molecule has 0 atom stereocenters. The van der Waals surface area contributed by atoms with Gasteiger partial charge in [0.05, 0.1) is 6.20 Å². The van der Waals surface area contributed by atoms with E-state index in [2.05, 4.69) is 21.4 Å². The third kappa shape index (κ3) is 5.70. The summed E-state index contributed by atoms with van der Waals surface area (Å²) in [5.74, 6) is 0.0133. The largest absolute Gasteiger partial charge is 0.352 e. The van der Waals surface area contributed by atoms with Crippen molar-refractivity contribution in [3.63, 3.8) is 0 Å². The summed E-state index contributed by atoms with van der Waals surface area (Å²) in [5.41, 5.74) is 3.15. The molecule has 3 rings (SSSR count). The maximum absolute atomic E-state index is 12.4. The second kappa shape index (κ2) is 9.53. The summed E-state index contributed by atoms with van der Waals surface area (Å²) < 4.78 is 1.92. The van der Waals surface area contributed by atoms with E-state index < -0.39 is 0 Å². The first-order chi connectivity index (χ1) is 12.7. The van der Waals surface area contributed by atoms with E-state index >= 15 is 0 Å². The molecule has 2 heterocycles. The number of likely N-dealkylation sites (tertiary alicyclic amines) is 1. The number of carbonyl (C=O) groups excluding carboxylic acids is 1. The van der Waals surface area contributed by atoms with Gasteiger partial charge in [-0.15, -0.1) is 0 Å². The lowest BCUT2D eigenvalue weighted by atomic mass is 10.1. The summed E-state index contributed by atoms with van der Waals surface area (Å²) in [4.78, 5) is 14.9. The quantitative estimate of drug-likeness (QED) is 0.776. The van der Waals surface area contributed by atoms with Crippen LogP contribution in [0.25, 0.3) is 0 Å². The molecule has 1 aliphatic rings. The molecule has 1 aliphatic heterocycles. The molecule has 1 saturated heterocycles. The van der Waals surface area contributed by atoms with Crippen LogP contribution in [-0.4, -0.2) is 40.2 Å². The molecule has 1 aromatic carbocycles. The Bertz CT molecular complexity index is 702. The van der Waals surface area contributed by atoms with Gasteiger partial charge in [-0.05, 0) is 62.5 Å². The van der Waals surface area contributed by atoms with Crippen molar-refractivity contribution < 1.29 is 4.79 Å². The summed E-state index contributed by atoms with van der Waals surface area (Å²) in [6.07, 6.45) is 10.0. The van der Waals surface area contributed by atoms with E-state index in [-0.39, 0.29) is 5.91 Å². The molecule has 1 N–H and O–H groups in total. The molecule has 2 aromatic rings. The van der Waals surface area contributed by atoms with Crippen LogP contribution in [0, 0.1) is 6.92 Å². The Morgan fingerprint density at radius 3 is 2.73 bits per heavy atom. The zero-order valence-electron chi connectivity index (χ0n) is 15.8. The Morgan fingerprint density at radius 1 is 1.19 bits per heavy atom. The van der Waals surface area contributed by atoms with Crippen molar-refractivity contribution in [2.45, 2.75) is 52.1 Å². The summed E-state index contributed by atoms with van der Waals surface area (Å²) in [6, 6.07) is 8.06.